The molecular weight excluding hydrogens is 384 g/mol. The molecule has 0 unspecified atom stereocenters. The number of carbonyl (C=O) groups excluding carboxylic acids is 3. The summed E-state index contributed by atoms with van der Waals surface area (Å²) in [7, 11) is 2.22. The van der Waals surface area contributed by atoms with E-state index in [0.29, 0.717) is 5.56 Å². The van der Waals surface area contributed by atoms with Gasteiger partial charge in [0.15, 0.2) is 5.69 Å². The number of carbonyl (C=O) groups is 3. The van der Waals surface area contributed by atoms with Crippen molar-refractivity contribution in [1.29, 1.82) is 0 Å². The predicted octanol–water partition coefficient (Wildman–Crippen LogP) is 3.42. The van der Waals surface area contributed by atoms with Crippen molar-refractivity contribution in [1.82, 2.24) is 4.57 Å². The number of hydrogen-bond donors (Lipinski definition) is 0. The number of nitro benzene ring substituents is 1. The topological polar surface area (TPSA) is 127 Å². The van der Waals surface area contributed by atoms with E-state index in [2.05, 4.69) is 0 Å². The van der Waals surface area contributed by atoms with Crippen LogP contribution in [0.5, 0.6) is 0 Å². The smallest absolute Gasteiger partial charge is 0.419 e. The van der Waals surface area contributed by atoms with Crippen molar-refractivity contribution < 1.29 is 33.5 Å². The Morgan fingerprint density at radius 3 is 2.00 bits per heavy atom. The number of benzene rings is 1. The number of hydrogen-bond acceptors (Lipinski definition) is 8. The van der Waals surface area contributed by atoms with Crippen molar-refractivity contribution in [2.45, 2.75) is 26.4 Å². The molecule has 0 saturated carbocycles. The first kappa shape index (κ1) is 21.6. The van der Waals surface area contributed by atoms with E-state index in [4.69, 9.17) is 14.2 Å². The van der Waals surface area contributed by atoms with Gasteiger partial charge in [0.2, 0.25) is 0 Å². The van der Waals surface area contributed by atoms with E-state index in [9.17, 15) is 24.5 Å². The number of non-ortho nitro benzene ring substituents is 1. The lowest BCUT2D eigenvalue weighted by molar-refractivity contribution is -0.384. The summed E-state index contributed by atoms with van der Waals surface area (Å²) in [5.74, 6) is -1.82. The monoisotopic (exact) mass is 404 g/mol. The van der Waals surface area contributed by atoms with Gasteiger partial charge >= 0.3 is 18.0 Å². The molecule has 0 aliphatic heterocycles. The Morgan fingerprint density at radius 2 is 1.55 bits per heavy atom. The molecule has 1 aromatic heterocycles. The third-order valence-electron chi connectivity index (χ3n) is 3.73. The molecule has 10 heteroatoms. The summed E-state index contributed by atoms with van der Waals surface area (Å²) in [5, 5.41) is 10.9. The number of nitrogens with zero attached hydrogens (tertiary/aromatic N) is 2. The van der Waals surface area contributed by atoms with Gasteiger partial charge in [0.25, 0.3) is 5.69 Å². The van der Waals surface area contributed by atoms with Crippen molar-refractivity contribution in [2.75, 3.05) is 14.2 Å². The van der Waals surface area contributed by atoms with Crippen LogP contribution in [-0.4, -0.2) is 47.3 Å². The maximum absolute atomic E-state index is 12.9. The van der Waals surface area contributed by atoms with Crippen LogP contribution in [-0.2, 0) is 14.2 Å². The number of aromatic nitrogens is 1. The number of nitro groups is 1. The summed E-state index contributed by atoms with van der Waals surface area (Å²) in [5.41, 5.74) is -1.20. The molecule has 154 valence electrons. The molecule has 0 radical (unpaired) electrons. The molecule has 2 aromatic rings. The molecule has 1 heterocycles. The number of methoxy groups -OCH3 is 2. The zero-order valence-electron chi connectivity index (χ0n) is 16.5. The van der Waals surface area contributed by atoms with Crippen LogP contribution in [0.25, 0.3) is 11.3 Å². The van der Waals surface area contributed by atoms with Crippen molar-refractivity contribution in [3.63, 3.8) is 0 Å². The maximum atomic E-state index is 12.9. The quantitative estimate of drug-likeness (QED) is 0.328. The minimum absolute atomic E-state index is 0.106. The van der Waals surface area contributed by atoms with Crippen molar-refractivity contribution in [3.05, 3.63) is 51.7 Å². The van der Waals surface area contributed by atoms with Crippen molar-refractivity contribution in [2.24, 2.45) is 0 Å². The Labute approximate surface area is 166 Å². The largest absolute Gasteiger partial charge is 0.465 e. The van der Waals surface area contributed by atoms with Gasteiger partial charge in [-0.05, 0) is 44.5 Å². The zero-order chi connectivity index (χ0) is 21.9. The van der Waals surface area contributed by atoms with Crippen LogP contribution in [0.3, 0.4) is 0 Å². The second-order valence-electron chi connectivity index (χ2n) is 6.89. The molecule has 0 N–H and O–H groups in total. The zero-order valence-corrected chi connectivity index (χ0v) is 16.5. The summed E-state index contributed by atoms with van der Waals surface area (Å²) in [6, 6.07) is 6.50. The number of esters is 2. The standard InChI is InChI=1S/C19H20N2O8/c1-19(2,3)29-18(24)20-14(11-6-8-12(9-7-11)21(25)26)10-13(16(22)27-4)15(20)17(23)28-5/h6-10H,1-5H3. The molecule has 10 nitrogen and oxygen atoms in total. The van der Waals surface area contributed by atoms with Gasteiger partial charge in [-0.1, -0.05) is 0 Å². The van der Waals surface area contributed by atoms with Gasteiger partial charge < -0.3 is 14.2 Å². The second-order valence-corrected chi connectivity index (χ2v) is 6.89. The lowest BCUT2D eigenvalue weighted by Gasteiger charge is -2.21. The van der Waals surface area contributed by atoms with Crippen LogP contribution in [0.15, 0.2) is 30.3 Å². The van der Waals surface area contributed by atoms with E-state index in [1.807, 2.05) is 0 Å². The fourth-order valence-corrected chi connectivity index (χ4v) is 2.54. The molecule has 0 aliphatic carbocycles. The van der Waals surface area contributed by atoms with Gasteiger partial charge in [0.1, 0.15) is 5.60 Å². The first-order valence-corrected chi connectivity index (χ1v) is 8.40. The van der Waals surface area contributed by atoms with Crippen LogP contribution in [0.2, 0.25) is 0 Å². The third kappa shape index (κ3) is 4.60. The Balaban J connectivity index is 2.78. The number of rotatable bonds is 4. The predicted molar refractivity (Wildman–Crippen MR) is 101 cm³/mol. The molecule has 0 bridgehead atoms. The Kier molecular flexibility index (Phi) is 6.06. The summed E-state index contributed by atoms with van der Waals surface area (Å²) < 4.78 is 15.7. The van der Waals surface area contributed by atoms with Crippen LogP contribution in [0.1, 0.15) is 41.6 Å². The van der Waals surface area contributed by atoms with E-state index >= 15 is 0 Å². The second kappa shape index (κ2) is 8.13. The Bertz CT molecular complexity index is 967. The highest BCUT2D eigenvalue weighted by atomic mass is 16.6. The van der Waals surface area contributed by atoms with Crippen LogP contribution in [0, 0.1) is 10.1 Å². The highest BCUT2D eigenvalue weighted by molar-refractivity contribution is 6.06. The maximum Gasteiger partial charge on any atom is 0.419 e. The molecule has 29 heavy (non-hydrogen) atoms. The molecule has 0 fully saturated rings. The number of ether oxygens (including phenoxy) is 3. The fourth-order valence-electron chi connectivity index (χ4n) is 2.54. The lowest BCUT2D eigenvalue weighted by atomic mass is 10.1. The van der Waals surface area contributed by atoms with E-state index in [1.165, 1.54) is 30.3 Å². The molecule has 0 atom stereocenters. The van der Waals surface area contributed by atoms with Gasteiger partial charge in [-0.2, -0.15) is 0 Å². The fraction of sp³-hybridized carbons (Fsp3) is 0.316. The van der Waals surface area contributed by atoms with Gasteiger partial charge in [-0.3, -0.25) is 10.1 Å². The molecule has 2 rings (SSSR count). The van der Waals surface area contributed by atoms with E-state index < -0.39 is 28.6 Å². The van der Waals surface area contributed by atoms with Crippen LogP contribution < -0.4 is 0 Å². The third-order valence-corrected chi connectivity index (χ3v) is 3.73. The van der Waals surface area contributed by atoms with Gasteiger partial charge in [-0.25, -0.2) is 19.0 Å². The molecule has 0 spiro atoms. The summed E-state index contributed by atoms with van der Waals surface area (Å²) >= 11 is 0. The highest BCUT2D eigenvalue weighted by Crippen LogP contribution is 2.30. The van der Waals surface area contributed by atoms with Crippen LogP contribution in [0.4, 0.5) is 10.5 Å². The molecule has 0 aliphatic rings. The molecule has 1 aromatic carbocycles. The summed E-state index contributed by atoms with van der Waals surface area (Å²) in [6.45, 7) is 4.91. The van der Waals surface area contributed by atoms with Gasteiger partial charge in [-0.15, -0.1) is 0 Å². The Hall–Kier alpha value is -3.69. The first-order chi connectivity index (χ1) is 13.5. The normalized spacial score (nSPS) is 10.9. The van der Waals surface area contributed by atoms with Gasteiger partial charge in [0, 0.05) is 12.1 Å². The van der Waals surface area contributed by atoms with Crippen LogP contribution >= 0.6 is 0 Å². The molecular formula is C19H20N2O8. The highest BCUT2D eigenvalue weighted by Gasteiger charge is 2.32. The average Bonchev–Trinajstić information content (AvgIpc) is 3.06. The van der Waals surface area contributed by atoms with Gasteiger partial charge in [0.05, 0.1) is 30.4 Å². The van der Waals surface area contributed by atoms with E-state index in [0.717, 1.165) is 18.8 Å². The molecule has 0 amide bonds. The summed E-state index contributed by atoms with van der Waals surface area (Å²) in [6.07, 6.45) is -0.929. The van der Waals surface area contributed by atoms with Crippen molar-refractivity contribution in [3.8, 4) is 11.3 Å². The Morgan fingerprint density at radius 1 is 1.00 bits per heavy atom. The SMILES string of the molecule is COC(=O)c1cc(-c2ccc([N+](=O)[O-])cc2)n(C(=O)OC(C)(C)C)c1C(=O)OC. The molecule has 0 saturated heterocycles. The minimum Gasteiger partial charge on any atom is -0.465 e. The van der Waals surface area contributed by atoms with E-state index in [-0.39, 0.29) is 22.6 Å². The first-order valence-electron chi connectivity index (χ1n) is 8.40. The average molecular weight is 404 g/mol. The minimum atomic E-state index is -0.954. The lowest BCUT2D eigenvalue weighted by Crippen LogP contribution is -2.30. The van der Waals surface area contributed by atoms with E-state index in [1.54, 1.807) is 20.8 Å². The summed E-state index contributed by atoms with van der Waals surface area (Å²) in [4.78, 5) is 47.8. The van der Waals surface area contributed by atoms with Crippen molar-refractivity contribution >= 4 is 23.7 Å².